The maximum absolute atomic E-state index is 13.4. The van der Waals surface area contributed by atoms with E-state index in [4.69, 9.17) is 9.47 Å². The highest BCUT2D eigenvalue weighted by Gasteiger charge is 2.57. The van der Waals surface area contributed by atoms with Gasteiger partial charge in [-0.25, -0.2) is 0 Å². The molecule has 2 N–H and O–H groups in total. The first-order valence-electron chi connectivity index (χ1n) is 8.28. The average molecular weight is 386 g/mol. The van der Waals surface area contributed by atoms with Gasteiger partial charge in [0.1, 0.15) is 29.8 Å². The fraction of sp³-hybridized carbons (Fsp3) is 0.933. The predicted molar refractivity (Wildman–Crippen MR) is 88.5 cm³/mol. The minimum atomic E-state index is -4.71. The Balaban J connectivity index is 2.11. The number of amidine groups is 1. The number of hydrogen-bond donors (Lipinski definition) is 2. The molecule has 10 heteroatoms. The topological polar surface area (TPSA) is 74.5 Å². The van der Waals surface area contributed by atoms with Crippen molar-refractivity contribution < 1.29 is 32.9 Å². The van der Waals surface area contributed by atoms with Crippen LogP contribution in [-0.4, -0.2) is 83.1 Å². The first kappa shape index (κ1) is 20.8. The number of alkyl halides is 3. The molecule has 6 nitrogen and oxygen atoms in total. The molecule has 1 saturated heterocycles. The second-order valence-corrected chi connectivity index (χ2v) is 7.47. The van der Waals surface area contributed by atoms with E-state index in [9.17, 15) is 23.4 Å². The summed E-state index contributed by atoms with van der Waals surface area (Å²) in [6.07, 6.45) is -9.78. The normalized spacial score (nSPS) is 33.8. The minimum Gasteiger partial charge on any atom is -0.388 e. The van der Waals surface area contributed by atoms with Crippen molar-refractivity contribution in [1.82, 2.24) is 4.90 Å². The van der Waals surface area contributed by atoms with E-state index in [1.165, 1.54) is 0 Å². The van der Waals surface area contributed by atoms with E-state index in [-0.39, 0.29) is 6.61 Å². The van der Waals surface area contributed by atoms with Gasteiger partial charge in [-0.1, -0.05) is 31.5 Å². The van der Waals surface area contributed by atoms with Gasteiger partial charge in [0.25, 0.3) is 0 Å². The van der Waals surface area contributed by atoms with Crippen LogP contribution in [0.4, 0.5) is 13.2 Å². The summed E-state index contributed by atoms with van der Waals surface area (Å²) in [5.74, 6) is 0. The van der Waals surface area contributed by atoms with Gasteiger partial charge in [0.2, 0.25) is 0 Å². The van der Waals surface area contributed by atoms with Crippen LogP contribution in [0.15, 0.2) is 4.99 Å². The molecule has 2 aliphatic heterocycles. The standard InChI is InChI=1S/C15H25F3N2O4S/c1-4-5-6-7-23-12(15(16,17)18)11-10(22)9(21)8-13(24-11)25-14(19-8)20(2)3/h8-13,21-22H,4-7H2,1-3H3/t8-,9-,10+,11?,12+,13-/m1/s1. The van der Waals surface area contributed by atoms with Crippen molar-refractivity contribution in [1.29, 1.82) is 0 Å². The maximum atomic E-state index is 13.4. The lowest BCUT2D eigenvalue weighted by Crippen LogP contribution is -2.61. The van der Waals surface area contributed by atoms with Crippen molar-refractivity contribution in [3.05, 3.63) is 0 Å². The average Bonchev–Trinajstić information content (AvgIpc) is 2.95. The van der Waals surface area contributed by atoms with Crippen LogP contribution >= 0.6 is 11.8 Å². The number of unbranched alkanes of at least 4 members (excludes halogenated alkanes) is 2. The SMILES string of the molecule is CCCCCO[C@@H](C1O[C@@H]2SC(N(C)C)=N[C@@H]2[C@@H](O)[C@@H]1O)C(F)(F)F. The second kappa shape index (κ2) is 8.43. The van der Waals surface area contributed by atoms with Crippen molar-refractivity contribution in [3.8, 4) is 0 Å². The van der Waals surface area contributed by atoms with Crippen LogP contribution in [-0.2, 0) is 9.47 Å². The number of fused-ring (bicyclic) bond motifs is 1. The number of aliphatic hydroxyl groups excluding tert-OH is 2. The van der Waals surface area contributed by atoms with Crippen molar-refractivity contribution >= 4 is 16.9 Å². The number of aliphatic hydroxyl groups is 2. The number of aliphatic imine (C=N–C) groups is 1. The Morgan fingerprint density at radius 1 is 1.28 bits per heavy atom. The second-order valence-electron chi connectivity index (χ2n) is 6.40. The Bertz CT molecular complexity index is 478. The van der Waals surface area contributed by atoms with Crippen LogP contribution in [0.2, 0.25) is 0 Å². The molecule has 146 valence electrons. The van der Waals surface area contributed by atoms with Gasteiger partial charge in [-0.05, 0) is 6.42 Å². The predicted octanol–water partition coefficient (Wildman–Crippen LogP) is 1.60. The van der Waals surface area contributed by atoms with E-state index in [2.05, 4.69) is 4.99 Å². The highest BCUT2D eigenvalue weighted by Crippen LogP contribution is 2.40. The number of hydrogen-bond acceptors (Lipinski definition) is 7. The first-order chi connectivity index (χ1) is 11.7. The molecule has 0 saturated carbocycles. The van der Waals surface area contributed by atoms with Crippen molar-refractivity contribution in [3.63, 3.8) is 0 Å². The van der Waals surface area contributed by atoms with E-state index in [1.54, 1.807) is 19.0 Å². The number of halogens is 3. The molecule has 0 radical (unpaired) electrons. The maximum Gasteiger partial charge on any atom is 0.417 e. The molecule has 2 rings (SSSR count). The summed E-state index contributed by atoms with van der Waals surface area (Å²) in [7, 11) is 3.47. The van der Waals surface area contributed by atoms with Gasteiger partial charge in [-0.15, -0.1) is 0 Å². The van der Waals surface area contributed by atoms with Crippen molar-refractivity contribution in [2.45, 2.75) is 68.3 Å². The quantitative estimate of drug-likeness (QED) is 0.676. The summed E-state index contributed by atoms with van der Waals surface area (Å²) in [5.41, 5.74) is -0.787. The van der Waals surface area contributed by atoms with Gasteiger partial charge in [-0.2, -0.15) is 13.2 Å². The van der Waals surface area contributed by atoms with E-state index in [0.29, 0.717) is 11.6 Å². The van der Waals surface area contributed by atoms with Crippen LogP contribution in [0.25, 0.3) is 0 Å². The zero-order valence-electron chi connectivity index (χ0n) is 14.4. The summed E-state index contributed by atoms with van der Waals surface area (Å²) in [6, 6.07) is -0.803. The van der Waals surface area contributed by atoms with Gasteiger partial charge >= 0.3 is 6.18 Å². The number of ether oxygens (including phenoxy) is 2. The lowest BCUT2D eigenvalue weighted by Gasteiger charge is -2.41. The molecule has 1 fully saturated rings. The van der Waals surface area contributed by atoms with Gasteiger partial charge in [0, 0.05) is 20.7 Å². The zero-order valence-corrected chi connectivity index (χ0v) is 15.3. The summed E-state index contributed by atoms with van der Waals surface area (Å²) in [5, 5.41) is 21.0. The third-order valence-corrected chi connectivity index (χ3v) is 5.44. The largest absolute Gasteiger partial charge is 0.417 e. The third-order valence-electron chi connectivity index (χ3n) is 4.14. The number of thioether (sulfide) groups is 1. The van der Waals surface area contributed by atoms with Crippen molar-refractivity contribution in [2.75, 3.05) is 20.7 Å². The Labute approximate surface area is 149 Å². The smallest absolute Gasteiger partial charge is 0.388 e. The monoisotopic (exact) mass is 386 g/mol. The zero-order chi connectivity index (χ0) is 18.8. The lowest BCUT2D eigenvalue weighted by molar-refractivity contribution is -0.284. The fourth-order valence-corrected chi connectivity index (χ4v) is 3.93. The van der Waals surface area contributed by atoms with Gasteiger partial charge in [0.15, 0.2) is 11.3 Å². The van der Waals surface area contributed by atoms with Crippen LogP contribution in [0.1, 0.15) is 26.2 Å². The first-order valence-corrected chi connectivity index (χ1v) is 9.16. The fourth-order valence-electron chi connectivity index (χ4n) is 2.78. The van der Waals surface area contributed by atoms with E-state index < -0.39 is 42.1 Å². The Morgan fingerprint density at radius 3 is 2.52 bits per heavy atom. The summed E-state index contributed by atoms with van der Waals surface area (Å²) >= 11 is 1.13. The van der Waals surface area contributed by atoms with Gasteiger partial charge in [0.05, 0.1) is 0 Å². The van der Waals surface area contributed by atoms with Gasteiger partial charge < -0.3 is 24.6 Å². The molecule has 6 atom stereocenters. The van der Waals surface area contributed by atoms with Crippen LogP contribution in [0.5, 0.6) is 0 Å². The van der Waals surface area contributed by atoms with Crippen LogP contribution < -0.4 is 0 Å². The van der Waals surface area contributed by atoms with E-state index in [0.717, 1.165) is 24.6 Å². The molecule has 25 heavy (non-hydrogen) atoms. The summed E-state index contributed by atoms with van der Waals surface area (Å²) in [6.45, 7) is 1.85. The van der Waals surface area contributed by atoms with Crippen molar-refractivity contribution in [2.24, 2.45) is 4.99 Å². The van der Waals surface area contributed by atoms with Gasteiger partial charge in [-0.3, -0.25) is 4.99 Å². The summed E-state index contributed by atoms with van der Waals surface area (Å²) in [4.78, 5) is 5.92. The molecule has 0 aromatic rings. The third kappa shape index (κ3) is 4.79. The molecule has 2 aliphatic rings. The Kier molecular flexibility index (Phi) is 7.00. The molecule has 0 amide bonds. The van der Waals surface area contributed by atoms with Crippen LogP contribution in [0.3, 0.4) is 0 Å². The Hall–Kier alpha value is -0.550. The highest BCUT2D eigenvalue weighted by molar-refractivity contribution is 8.14. The number of nitrogens with zero attached hydrogens (tertiary/aromatic N) is 2. The molecule has 0 aliphatic carbocycles. The molecule has 0 bridgehead atoms. The van der Waals surface area contributed by atoms with E-state index >= 15 is 0 Å². The van der Waals surface area contributed by atoms with E-state index in [1.807, 2.05) is 6.92 Å². The molecule has 1 unspecified atom stereocenters. The molecular weight excluding hydrogens is 361 g/mol. The minimum absolute atomic E-state index is 0.0820. The Morgan fingerprint density at radius 2 is 1.96 bits per heavy atom. The molecule has 0 spiro atoms. The molecule has 0 aromatic carbocycles. The number of rotatable bonds is 6. The van der Waals surface area contributed by atoms with Crippen LogP contribution in [0, 0.1) is 0 Å². The molecule has 2 heterocycles. The lowest BCUT2D eigenvalue weighted by atomic mass is 9.94. The molecular formula is C15H25F3N2O4S. The summed E-state index contributed by atoms with van der Waals surface area (Å²) < 4.78 is 50.8. The highest BCUT2D eigenvalue weighted by atomic mass is 32.2. The molecule has 0 aromatic heterocycles.